The third-order valence-corrected chi connectivity index (χ3v) is 5.17. The van der Waals surface area contributed by atoms with E-state index in [2.05, 4.69) is 15.5 Å². The van der Waals surface area contributed by atoms with Gasteiger partial charge in [0.25, 0.3) is 0 Å². The van der Waals surface area contributed by atoms with Gasteiger partial charge in [0.15, 0.2) is 11.5 Å². The Morgan fingerprint density at radius 3 is 2.56 bits per heavy atom. The second-order valence-corrected chi connectivity index (χ2v) is 6.75. The van der Waals surface area contributed by atoms with Crippen LogP contribution in [-0.2, 0) is 9.59 Å². The van der Waals surface area contributed by atoms with Gasteiger partial charge in [-0.15, -0.1) is 10.2 Å². The molecule has 2 amide bonds. The van der Waals surface area contributed by atoms with Crippen LogP contribution in [0.2, 0.25) is 0 Å². The van der Waals surface area contributed by atoms with Crippen molar-refractivity contribution in [1.82, 2.24) is 15.1 Å². The zero-order valence-electron chi connectivity index (χ0n) is 15.4. The van der Waals surface area contributed by atoms with E-state index in [-0.39, 0.29) is 18.2 Å². The van der Waals surface area contributed by atoms with Gasteiger partial charge in [-0.3, -0.25) is 9.59 Å². The summed E-state index contributed by atoms with van der Waals surface area (Å²) < 4.78 is 16.3. The minimum atomic E-state index is -0.613. The first kappa shape index (κ1) is 18.9. The molecule has 1 aromatic carbocycles. The maximum absolute atomic E-state index is 12.8. The van der Waals surface area contributed by atoms with Crippen LogP contribution in [-0.4, -0.2) is 55.3 Å². The van der Waals surface area contributed by atoms with Crippen molar-refractivity contribution in [1.29, 1.82) is 0 Å². The number of likely N-dealkylation sites (tertiary alicyclic amines) is 1. The van der Waals surface area contributed by atoms with Gasteiger partial charge >= 0.3 is 0 Å². The molecule has 0 saturated carbocycles. The molecule has 1 aliphatic rings. The second-order valence-electron chi connectivity index (χ2n) is 5.92. The van der Waals surface area contributed by atoms with Crippen molar-refractivity contribution in [3.63, 3.8) is 0 Å². The van der Waals surface area contributed by atoms with E-state index in [4.69, 9.17) is 14.2 Å². The van der Waals surface area contributed by atoms with Gasteiger partial charge in [0.2, 0.25) is 22.7 Å². The van der Waals surface area contributed by atoms with Gasteiger partial charge in [0, 0.05) is 19.0 Å². The molecular formula is C17H20N4O5S. The summed E-state index contributed by atoms with van der Waals surface area (Å²) in [5.41, 5.74) is 2.19. The van der Waals surface area contributed by atoms with Crippen LogP contribution in [0.15, 0.2) is 17.6 Å². The Bertz CT molecular complexity index is 842. The largest absolute Gasteiger partial charge is 0.493 e. The molecule has 2 heterocycles. The van der Waals surface area contributed by atoms with E-state index in [1.54, 1.807) is 24.1 Å². The van der Waals surface area contributed by atoms with Crippen molar-refractivity contribution in [2.45, 2.75) is 12.5 Å². The number of amides is 2. The van der Waals surface area contributed by atoms with E-state index >= 15 is 0 Å². The predicted octanol–water partition coefficient (Wildman–Crippen LogP) is 1.72. The third kappa shape index (κ3) is 3.39. The number of rotatable bonds is 6. The van der Waals surface area contributed by atoms with E-state index in [1.807, 2.05) is 0 Å². The molecule has 2 aromatic rings. The Morgan fingerprint density at radius 1 is 1.22 bits per heavy atom. The van der Waals surface area contributed by atoms with E-state index < -0.39 is 12.0 Å². The van der Waals surface area contributed by atoms with E-state index in [0.717, 1.165) is 0 Å². The van der Waals surface area contributed by atoms with Crippen LogP contribution in [0.3, 0.4) is 0 Å². The highest BCUT2D eigenvalue weighted by atomic mass is 32.1. The summed E-state index contributed by atoms with van der Waals surface area (Å²) in [6.45, 7) is 0. The number of methoxy groups -OCH3 is 3. The van der Waals surface area contributed by atoms with Crippen molar-refractivity contribution >= 4 is 28.3 Å². The number of carbonyl (C=O) groups excluding carboxylic acids is 2. The zero-order valence-corrected chi connectivity index (χ0v) is 16.2. The molecule has 0 unspecified atom stereocenters. The molecule has 0 bridgehead atoms. The quantitative estimate of drug-likeness (QED) is 0.798. The maximum Gasteiger partial charge on any atom is 0.232 e. The molecule has 144 valence electrons. The Hall–Kier alpha value is -2.88. The number of hydrogen-bond donors (Lipinski definition) is 1. The smallest absolute Gasteiger partial charge is 0.232 e. The number of anilines is 1. The van der Waals surface area contributed by atoms with Gasteiger partial charge in [-0.1, -0.05) is 11.3 Å². The lowest BCUT2D eigenvalue weighted by Crippen LogP contribution is -2.30. The molecule has 1 N–H and O–H groups in total. The normalized spacial score (nSPS) is 19.1. The van der Waals surface area contributed by atoms with E-state index in [9.17, 15) is 9.59 Å². The number of nitrogens with one attached hydrogen (secondary N) is 1. The van der Waals surface area contributed by atoms with Crippen LogP contribution in [0.4, 0.5) is 5.13 Å². The maximum atomic E-state index is 12.8. The summed E-state index contributed by atoms with van der Waals surface area (Å²) in [5.74, 6) is 0.296. The summed E-state index contributed by atoms with van der Waals surface area (Å²) in [6.07, 6.45) is 0.0866. The Kier molecular flexibility index (Phi) is 5.45. The lowest BCUT2D eigenvalue weighted by molar-refractivity contribution is -0.128. The number of benzene rings is 1. The molecule has 2 atom stereocenters. The predicted molar refractivity (Wildman–Crippen MR) is 98.3 cm³/mol. The first-order valence-electron chi connectivity index (χ1n) is 8.13. The van der Waals surface area contributed by atoms with Crippen molar-refractivity contribution < 1.29 is 23.8 Å². The Balaban J connectivity index is 2.01. The van der Waals surface area contributed by atoms with Crippen molar-refractivity contribution in [2.24, 2.45) is 5.92 Å². The number of ether oxygens (including phenoxy) is 3. The minimum absolute atomic E-state index is 0.0866. The Labute approximate surface area is 160 Å². The zero-order chi connectivity index (χ0) is 19.6. The molecule has 9 nitrogen and oxygen atoms in total. The monoisotopic (exact) mass is 392 g/mol. The summed E-state index contributed by atoms with van der Waals surface area (Å²) >= 11 is 1.21. The highest BCUT2D eigenvalue weighted by molar-refractivity contribution is 7.13. The Morgan fingerprint density at radius 2 is 1.96 bits per heavy atom. The third-order valence-electron chi connectivity index (χ3n) is 4.57. The molecule has 1 saturated heterocycles. The number of aromatic nitrogens is 2. The fourth-order valence-electron chi connectivity index (χ4n) is 3.31. The summed E-state index contributed by atoms with van der Waals surface area (Å²) in [7, 11) is 6.21. The first-order chi connectivity index (χ1) is 13.0. The van der Waals surface area contributed by atoms with Gasteiger partial charge < -0.3 is 24.4 Å². The van der Waals surface area contributed by atoms with Gasteiger partial charge in [-0.05, 0) is 12.1 Å². The molecule has 0 radical (unpaired) electrons. The van der Waals surface area contributed by atoms with Crippen molar-refractivity contribution in [2.75, 3.05) is 33.7 Å². The fourth-order valence-corrected chi connectivity index (χ4v) is 3.76. The van der Waals surface area contributed by atoms with Crippen molar-refractivity contribution in [3.05, 3.63) is 23.2 Å². The molecule has 0 spiro atoms. The van der Waals surface area contributed by atoms with Crippen LogP contribution in [0.5, 0.6) is 17.2 Å². The van der Waals surface area contributed by atoms with Crippen LogP contribution in [0.25, 0.3) is 0 Å². The van der Waals surface area contributed by atoms with Gasteiger partial charge in [0.05, 0.1) is 33.3 Å². The average Bonchev–Trinajstić information content (AvgIpc) is 3.28. The molecule has 3 rings (SSSR count). The van der Waals surface area contributed by atoms with Gasteiger partial charge in [-0.25, -0.2) is 0 Å². The minimum Gasteiger partial charge on any atom is -0.493 e. The molecule has 0 aliphatic carbocycles. The molecule has 1 aliphatic heterocycles. The molecule has 10 heteroatoms. The summed E-state index contributed by atoms with van der Waals surface area (Å²) in [4.78, 5) is 26.7. The number of carbonyl (C=O) groups is 2. The molecular weight excluding hydrogens is 372 g/mol. The summed E-state index contributed by atoms with van der Waals surface area (Å²) in [6, 6.07) is 3.00. The van der Waals surface area contributed by atoms with Crippen LogP contribution in [0, 0.1) is 5.92 Å². The fraction of sp³-hybridized carbons (Fsp3) is 0.412. The highest BCUT2D eigenvalue weighted by Crippen LogP contribution is 2.47. The average molecular weight is 392 g/mol. The number of nitrogens with zero attached hydrogens (tertiary/aromatic N) is 3. The van der Waals surface area contributed by atoms with E-state index in [0.29, 0.717) is 27.9 Å². The molecule has 1 aromatic heterocycles. The number of hydrogen-bond acceptors (Lipinski definition) is 8. The first-order valence-corrected chi connectivity index (χ1v) is 9.01. The molecule has 1 fully saturated rings. The summed E-state index contributed by atoms with van der Waals surface area (Å²) in [5, 5.41) is 10.6. The standard InChI is InChI=1S/C17H20N4O5S/c1-21-12(22)7-10(16(23)19-17-20-18-8-27-17)13(21)9-5-6-11(24-2)15(26-4)14(9)25-3/h5-6,8,10,13H,7H2,1-4H3,(H,19,20,23)/t10-,13+/m0/s1. The van der Waals surface area contributed by atoms with Crippen LogP contribution in [0.1, 0.15) is 18.0 Å². The SMILES string of the molecule is COc1ccc([C@@H]2[C@@H](C(=O)Nc3nncs3)CC(=O)N2C)c(OC)c1OC. The highest BCUT2D eigenvalue weighted by Gasteiger charge is 2.44. The van der Waals surface area contributed by atoms with Gasteiger partial charge in [0.1, 0.15) is 5.51 Å². The van der Waals surface area contributed by atoms with E-state index in [1.165, 1.54) is 38.2 Å². The lowest BCUT2D eigenvalue weighted by atomic mass is 9.92. The second kappa shape index (κ2) is 7.78. The molecule has 27 heavy (non-hydrogen) atoms. The van der Waals surface area contributed by atoms with Crippen LogP contribution < -0.4 is 19.5 Å². The van der Waals surface area contributed by atoms with Crippen molar-refractivity contribution in [3.8, 4) is 17.2 Å². The topological polar surface area (TPSA) is 103 Å². The lowest BCUT2D eigenvalue weighted by Gasteiger charge is -2.27. The van der Waals surface area contributed by atoms with Gasteiger partial charge in [-0.2, -0.15) is 0 Å². The van der Waals surface area contributed by atoms with Crippen LogP contribution >= 0.6 is 11.3 Å².